The molecule has 0 saturated carbocycles. The fraction of sp³-hybridized carbons (Fsp3) is 0.0625. The molecule has 102 valence electrons. The molecule has 2 nitrogen and oxygen atoms in total. The minimum Gasteiger partial charge on any atom is -0.383 e. The predicted molar refractivity (Wildman–Crippen MR) is 83.5 cm³/mol. The molecular weight excluding hydrogens is 275 g/mol. The number of hydrogen-bond donors (Lipinski definition) is 1. The standard InChI is InChI=1S/C16H13FN2.ClH/c1-10-6-7-11-9-15(19-16(18)13(11)8-10)12-4-2-3-5-14(12)17;/h2-9H,1H3,(H2,18,19);1H. The van der Waals surface area contributed by atoms with Crippen molar-refractivity contribution in [3.05, 3.63) is 59.9 Å². The molecule has 20 heavy (non-hydrogen) atoms. The lowest BCUT2D eigenvalue weighted by Crippen LogP contribution is -1.96. The fourth-order valence-corrected chi connectivity index (χ4v) is 2.19. The number of aromatic nitrogens is 1. The highest BCUT2D eigenvalue weighted by Crippen LogP contribution is 2.28. The first kappa shape index (κ1) is 14.3. The molecule has 2 N–H and O–H groups in total. The molecule has 0 aliphatic rings. The van der Waals surface area contributed by atoms with Gasteiger partial charge in [0.2, 0.25) is 0 Å². The molecule has 0 radical (unpaired) electrons. The second kappa shape index (κ2) is 5.47. The number of benzene rings is 2. The zero-order valence-electron chi connectivity index (χ0n) is 10.9. The number of aryl methyl sites for hydroxylation is 1. The van der Waals surface area contributed by atoms with Gasteiger partial charge >= 0.3 is 0 Å². The van der Waals surface area contributed by atoms with Crippen molar-refractivity contribution in [2.45, 2.75) is 6.92 Å². The van der Waals surface area contributed by atoms with Crippen LogP contribution in [0, 0.1) is 12.7 Å². The highest BCUT2D eigenvalue weighted by atomic mass is 35.5. The molecular formula is C16H14ClFN2. The van der Waals surface area contributed by atoms with E-state index in [1.54, 1.807) is 18.2 Å². The maximum atomic E-state index is 13.8. The van der Waals surface area contributed by atoms with Crippen molar-refractivity contribution in [3.63, 3.8) is 0 Å². The summed E-state index contributed by atoms with van der Waals surface area (Å²) >= 11 is 0. The molecule has 0 saturated heterocycles. The first-order valence-electron chi connectivity index (χ1n) is 6.07. The quantitative estimate of drug-likeness (QED) is 0.723. The van der Waals surface area contributed by atoms with E-state index in [2.05, 4.69) is 4.98 Å². The lowest BCUT2D eigenvalue weighted by molar-refractivity contribution is 0.631. The number of fused-ring (bicyclic) bond motifs is 1. The van der Waals surface area contributed by atoms with Crippen molar-refractivity contribution < 1.29 is 4.39 Å². The van der Waals surface area contributed by atoms with Crippen LogP contribution in [0.2, 0.25) is 0 Å². The summed E-state index contributed by atoms with van der Waals surface area (Å²) in [4.78, 5) is 4.31. The topological polar surface area (TPSA) is 38.9 Å². The summed E-state index contributed by atoms with van der Waals surface area (Å²) in [6, 6.07) is 14.4. The summed E-state index contributed by atoms with van der Waals surface area (Å²) < 4.78 is 13.8. The fourth-order valence-electron chi connectivity index (χ4n) is 2.19. The summed E-state index contributed by atoms with van der Waals surface area (Å²) in [6.07, 6.45) is 0. The van der Waals surface area contributed by atoms with Gasteiger partial charge in [-0.2, -0.15) is 0 Å². The van der Waals surface area contributed by atoms with Crippen molar-refractivity contribution in [3.8, 4) is 11.3 Å². The molecule has 3 rings (SSSR count). The summed E-state index contributed by atoms with van der Waals surface area (Å²) in [7, 11) is 0. The summed E-state index contributed by atoms with van der Waals surface area (Å²) in [6.45, 7) is 2.00. The number of rotatable bonds is 1. The second-order valence-corrected chi connectivity index (χ2v) is 4.60. The van der Waals surface area contributed by atoms with Crippen LogP contribution in [0.25, 0.3) is 22.0 Å². The van der Waals surface area contributed by atoms with Crippen LogP contribution in [-0.4, -0.2) is 4.98 Å². The van der Waals surface area contributed by atoms with Gasteiger partial charge in [-0.05, 0) is 36.6 Å². The molecule has 0 unspecified atom stereocenters. The molecule has 0 fully saturated rings. The lowest BCUT2D eigenvalue weighted by atomic mass is 10.0. The Morgan fingerprint density at radius 1 is 1.05 bits per heavy atom. The van der Waals surface area contributed by atoms with Gasteiger partial charge in [0, 0.05) is 10.9 Å². The maximum absolute atomic E-state index is 13.8. The molecule has 0 spiro atoms. The Morgan fingerprint density at radius 2 is 1.80 bits per heavy atom. The first-order valence-corrected chi connectivity index (χ1v) is 6.07. The number of hydrogen-bond acceptors (Lipinski definition) is 2. The Hall–Kier alpha value is -2.13. The summed E-state index contributed by atoms with van der Waals surface area (Å²) in [5.74, 6) is 0.139. The highest BCUT2D eigenvalue weighted by Gasteiger charge is 2.09. The number of halogens is 2. The lowest BCUT2D eigenvalue weighted by Gasteiger charge is -2.08. The van der Waals surface area contributed by atoms with Crippen LogP contribution in [0.4, 0.5) is 10.2 Å². The van der Waals surface area contributed by atoms with Crippen LogP contribution in [0.3, 0.4) is 0 Å². The third-order valence-corrected chi connectivity index (χ3v) is 3.17. The van der Waals surface area contributed by atoms with Gasteiger partial charge in [-0.25, -0.2) is 9.37 Å². The summed E-state index contributed by atoms with van der Waals surface area (Å²) in [5, 5.41) is 1.87. The van der Waals surface area contributed by atoms with Gasteiger partial charge in [0.15, 0.2) is 0 Å². The Bertz CT molecular complexity index is 772. The van der Waals surface area contributed by atoms with Gasteiger partial charge in [-0.15, -0.1) is 12.4 Å². The SMILES string of the molecule is Cc1ccc2cc(-c3ccccc3F)nc(N)c2c1.Cl. The van der Waals surface area contributed by atoms with Gasteiger partial charge in [0.05, 0.1) is 5.69 Å². The van der Waals surface area contributed by atoms with E-state index >= 15 is 0 Å². The van der Waals surface area contributed by atoms with E-state index in [4.69, 9.17) is 5.73 Å². The summed E-state index contributed by atoms with van der Waals surface area (Å²) in [5.41, 5.74) is 8.14. The Balaban J connectivity index is 0.00000147. The molecule has 1 aromatic heterocycles. The average molecular weight is 289 g/mol. The van der Waals surface area contributed by atoms with Crippen molar-refractivity contribution in [2.24, 2.45) is 0 Å². The van der Waals surface area contributed by atoms with E-state index < -0.39 is 0 Å². The number of nitrogens with zero attached hydrogens (tertiary/aromatic N) is 1. The normalized spacial score (nSPS) is 10.3. The molecule has 1 heterocycles. The minimum absolute atomic E-state index is 0. The molecule has 0 aliphatic carbocycles. The molecule has 0 amide bonds. The van der Waals surface area contributed by atoms with Crippen molar-refractivity contribution in [1.82, 2.24) is 4.98 Å². The zero-order chi connectivity index (χ0) is 13.4. The van der Waals surface area contributed by atoms with Crippen molar-refractivity contribution in [1.29, 1.82) is 0 Å². The van der Waals surface area contributed by atoms with Gasteiger partial charge in [-0.3, -0.25) is 0 Å². The van der Waals surface area contributed by atoms with E-state index in [0.717, 1.165) is 16.3 Å². The minimum atomic E-state index is -0.291. The Kier molecular flexibility index (Phi) is 3.91. The molecule has 0 aliphatic heterocycles. The van der Waals surface area contributed by atoms with Crippen LogP contribution < -0.4 is 5.73 Å². The van der Waals surface area contributed by atoms with E-state index in [9.17, 15) is 4.39 Å². The van der Waals surface area contributed by atoms with Crippen LogP contribution in [0.5, 0.6) is 0 Å². The largest absolute Gasteiger partial charge is 0.383 e. The number of nitrogens with two attached hydrogens (primary N) is 1. The van der Waals surface area contributed by atoms with E-state index in [-0.39, 0.29) is 18.2 Å². The number of anilines is 1. The van der Waals surface area contributed by atoms with E-state index in [0.29, 0.717) is 17.1 Å². The molecule has 0 atom stereocenters. The number of nitrogen functional groups attached to an aromatic ring is 1. The molecule has 0 bridgehead atoms. The van der Waals surface area contributed by atoms with E-state index in [1.165, 1.54) is 6.07 Å². The van der Waals surface area contributed by atoms with Gasteiger partial charge in [0.1, 0.15) is 11.6 Å². The Morgan fingerprint density at radius 3 is 2.55 bits per heavy atom. The third kappa shape index (κ3) is 2.45. The van der Waals surface area contributed by atoms with Gasteiger partial charge < -0.3 is 5.73 Å². The van der Waals surface area contributed by atoms with Gasteiger partial charge in [-0.1, -0.05) is 29.8 Å². The second-order valence-electron chi connectivity index (χ2n) is 4.60. The van der Waals surface area contributed by atoms with Crippen LogP contribution >= 0.6 is 12.4 Å². The van der Waals surface area contributed by atoms with Crippen molar-refractivity contribution >= 4 is 29.0 Å². The third-order valence-electron chi connectivity index (χ3n) is 3.17. The predicted octanol–water partition coefficient (Wildman–Crippen LogP) is 4.35. The van der Waals surface area contributed by atoms with Crippen LogP contribution in [-0.2, 0) is 0 Å². The van der Waals surface area contributed by atoms with Crippen LogP contribution in [0.1, 0.15) is 5.56 Å². The molecule has 2 aromatic carbocycles. The van der Waals surface area contributed by atoms with Crippen molar-refractivity contribution in [2.75, 3.05) is 5.73 Å². The molecule has 3 aromatic rings. The monoisotopic (exact) mass is 288 g/mol. The maximum Gasteiger partial charge on any atom is 0.132 e. The Labute approximate surface area is 122 Å². The zero-order valence-corrected chi connectivity index (χ0v) is 11.7. The molecule has 4 heteroatoms. The van der Waals surface area contributed by atoms with E-state index in [1.807, 2.05) is 31.2 Å². The van der Waals surface area contributed by atoms with Gasteiger partial charge in [0.25, 0.3) is 0 Å². The average Bonchev–Trinajstić information content (AvgIpc) is 2.40. The van der Waals surface area contributed by atoms with Crippen LogP contribution in [0.15, 0.2) is 48.5 Å². The highest BCUT2D eigenvalue weighted by molar-refractivity contribution is 5.94. The smallest absolute Gasteiger partial charge is 0.132 e. The number of pyridine rings is 1. The first-order chi connectivity index (χ1) is 9.15.